The van der Waals surface area contributed by atoms with Crippen molar-refractivity contribution in [2.24, 2.45) is 0 Å². The molecule has 1 heterocycles. The van der Waals surface area contributed by atoms with Gasteiger partial charge in [0.2, 0.25) is 0 Å². The summed E-state index contributed by atoms with van der Waals surface area (Å²) in [4.78, 5) is 0. The van der Waals surface area contributed by atoms with E-state index in [0.29, 0.717) is 23.4 Å². The van der Waals surface area contributed by atoms with E-state index in [1.165, 1.54) is 6.07 Å². The molecule has 1 fully saturated rings. The molecule has 0 saturated carbocycles. The normalized spacial score (nSPS) is 22.7. The molecule has 18 heavy (non-hydrogen) atoms. The quantitative estimate of drug-likeness (QED) is 0.804. The highest BCUT2D eigenvalue weighted by Gasteiger charge is 2.25. The minimum Gasteiger partial charge on any atom is -0.397 e. The van der Waals surface area contributed by atoms with Crippen LogP contribution in [0.1, 0.15) is 18.4 Å². The molecule has 1 unspecified atom stereocenters. The molecule has 1 saturated heterocycles. The number of hydrogen-bond donors (Lipinski definition) is 2. The maximum atomic E-state index is 13.3. The van der Waals surface area contributed by atoms with Crippen LogP contribution >= 0.6 is 0 Å². The molecule has 1 aromatic rings. The molecule has 0 radical (unpaired) electrons. The molecule has 100 valence electrons. The molecule has 1 atom stereocenters. The number of rotatable bonds is 2. The van der Waals surface area contributed by atoms with Gasteiger partial charge >= 0.3 is 0 Å². The number of benzene rings is 1. The Labute approximate surface area is 106 Å². The first kappa shape index (κ1) is 13.1. The zero-order valence-electron chi connectivity index (χ0n) is 10.2. The third-order valence-electron chi connectivity index (χ3n) is 3.15. The lowest BCUT2D eigenvalue weighted by Gasteiger charge is -2.25. The number of nitrogen functional groups attached to an aromatic ring is 1. The molecule has 6 heteroatoms. The Bertz CT molecular complexity index is 557. The first-order valence-corrected chi connectivity index (χ1v) is 7.72. The number of nitrogens with one attached hydrogen (secondary N) is 1. The van der Waals surface area contributed by atoms with Crippen LogP contribution < -0.4 is 11.1 Å². The van der Waals surface area contributed by atoms with E-state index in [-0.39, 0.29) is 23.4 Å². The highest BCUT2D eigenvalue weighted by Crippen LogP contribution is 2.25. The molecule has 2 rings (SSSR count). The van der Waals surface area contributed by atoms with E-state index in [9.17, 15) is 12.8 Å². The number of nitrogens with two attached hydrogens (primary N) is 1. The summed E-state index contributed by atoms with van der Waals surface area (Å²) >= 11 is 0. The predicted octanol–water partition coefficient (Wildman–Crippen LogP) is 1.71. The fourth-order valence-corrected chi connectivity index (χ4v) is 3.81. The monoisotopic (exact) mass is 272 g/mol. The first-order valence-electron chi connectivity index (χ1n) is 5.90. The smallest absolute Gasteiger partial charge is 0.152 e. The summed E-state index contributed by atoms with van der Waals surface area (Å²) < 4.78 is 36.3. The van der Waals surface area contributed by atoms with Gasteiger partial charge in [0.15, 0.2) is 9.84 Å². The highest BCUT2D eigenvalue weighted by molar-refractivity contribution is 7.91. The summed E-state index contributed by atoms with van der Waals surface area (Å²) in [6, 6.07) is 2.73. The Hall–Kier alpha value is -1.30. The van der Waals surface area contributed by atoms with Crippen LogP contribution in [0.2, 0.25) is 0 Å². The van der Waals surface area contributed by atoms with E-state index < -0.39 is 9.84 Å². The lowest BCUT2D eigenvalue weighted by Crippen LogP contribution is -2.35. The number of anilines is 2. The van der Waals surface area contributed by atoms with Crippen LogP contribution in [0.4, 0.5) is 15.8 Å². The van der Waals surface area contributed by atoms with Crippen LogP contribution in [0.5, 0.6) is 0 Å². The van der Waals surface area contributed by atoms with Gasteiger partial charge in [-0.15, -0.1) is 0 Å². The third kappa shape index (κ3) is 2.93. The van der Waals surface area contributed by atoms with Gasteiger partial charge < -0.3 is 11.1 Å². The van der Waals surface area contributed by atoms with Gasteiger partial charge in [0.1, 0.15) is 5.82 Å². The molecule has 0 aliphatic carbocycles. The first-order chi connectivity index (χ1) is 8.37. The van der Waals surface area contributed by atoms with E-state index >= 15 is 0 Å². The molecule has 3 N–H and O–H groups in total. The van der Waals surface area contributed by atoms with Crippen molar-refractivity contribution in [3.63, 3.8) is 0 Å². The van der Waals surface area contributed by atoms with Gasteiger partial charge in [-0.2, -0.15) is 0 Å². The van der Waals surface area contributed by atoms with Crippen molar-refractivity contribution in [1.29, 1.82) is 0 Å². The average Bonchev–Trinajstić information content (AvgIpc) is 2.24. The SMILES string of the molecule is Cc1cc(NC2CCCS(=O)(=O)C2)c(N)cc1F. The summed E-state index contributed by atoms with van der Waals surface area (Å²) in [5, 5.41) is 3.10. The van der Waals surface area contributed by atoms with E-state index in [1.54, 1.807) is 13.0 Å². The van der Waals surface area contributed by atoms with Crippen LogP contribution in [-0.2, 0) is 9.84 Å². The number of hydrogen-bond acceptors (Lipinski definition) is 4. The third-order valence-corrected chi connectivity index (χ3v) is 4.97. The van der Waals surface area contributed by atoms with Gasteiger partial charge in [-0.25, -0.2) is 12.8 Å². The lowest BCUT2D eigenvalue weighted by atomic mass is 10.1. The van der Waals surface area contributed by atoms with Crippen LogP contribution in [0.15, 0.2) is 12.1 Å². The molecule has 0 amide bonds. The summed E-state index contributed by atoms with van der Waals surface area (Å²) in [5.74, 6) is 0.0146. The number of sulfone groups is 1. The fraction of sp³-hybridized carbons (Fsp3) is 0.500. The van der Waals surface area contributed by atoms with Crippen molar-refractivity contribution in [3.05, 3.63) is 23.5 Å². The molecular formula is C12H17FN2O2S. The largest absolute Gasteiger partial charge is 0.397 e. The van der Waals surface area contributed by atoms with Gasteiger partial charge in [-0.1, -0.05) is 0 Å². The molecule has 1 aromatic carbocycles. The second-order valence-electron chi connectivity index (χ2n) is 4.79. The van der Waals surface area contributed by atoms with Crippen LogP contribution in [0.3, 0.4) is 0 Å². The Kier molecular flexibility index (Phi) is 3.47. The van der Waals surface area contributed by atoms with Crippen molar-refractivity contribution >= 4 is 21.2 Å². The van der Waals surface area contributed by atoms with E-state index in [4.69, 9.17) is 5.73 Å². The van der Waals surface area contributed by atoms with E-state index in [1.807, 2.05) is 0 Å². The second-order valence-corrected chi connectivity index (χ2v) is 7.02. The van der Waals surface area contributed by atoms with Gasteiger partial charge in [0, 0.05) is 6.04 Å². The van der Waals surface area contributed by atoms with Crippen LogP contribution in [0.25, 0.3) is 0 Å². The predicted molar refractivity (Wildman–Crippen MR) is 70.8 cm³/mol. The Balaban J connectivity index is 2.17. The van der Waals surface area contributed by atoms with Gasteiger partial charge in [0.05, 0.1) is 22.9 Å². The second kappa shape index (κ2) is 4.76. The molecule has 0 spiro atoms. The highest BCUT2D eigenvalue weighted by atomic mass is 32.2. The number of aryl methyl sites for hydroxylation is 1. The lowest BCUT2D eigenvalue weighted by molar-refractivity contribution is 0.562. The standard InChI is InChI=1S/C12H17FN2O2S/c1-8-5-12(11(14)6-10(8)13)15-9-3-2-4-18(16,17)7-9/h5-6,9,15H,2-4,7,14H2,1H3. The Morgan fingerprint density at radius 1 is 1.44 bits per heavy atom. The molecule has 1 aliphatic heterocycles. The zero-order valence-corrected chi connectivity index (χ0v) is 11.1. The molecule has 0 aromatic heterocycles. The molecule has 0 bridgehead atoms. The van der Waals surface area contributed by atoms with Gasteiger partial charge in [0.25, 0.3) is 0 Å². The average molecular weight is 272 g/mol. The van der Waals surface area contributed by atoms with Gasteiger partial charge in [-0.3, -0.25) is 0 Å². The van der Waals surface area contributed by atoms with E-state index in [0.717, 1.165) is 6.42 Å². The Morgan fingerprint density at radius 3 is 2.83 bits per heavy atom. The van der Waals surface area contributed by atoms with Crippen LogP contribution in [0, 0.1) is 12.7 Å². The minimum absolute atomic E-state index is 0.114. The molecule has 4 nitrogen and oxygen atoms in total. The van der Waals surface area contributed by atoms with Crippen molar-refractivity contribution < 1.29 is 12.8 Å². The van der Waals surface area contributed by atoms with Crippen molar-refractivity contribution in [1.82, 2.24) is 0 Å². The fourth-order valence-electron chi connectivity index (χ4n) is 2.18. The summed E-state index contributed by atoms with van der Waals surface area (Å²) in [6.45, 7) is 1.65. The molecular weight excluding hydrogens is 255 g/mol. The Morgan fingerprint density at radius 2 is 2.17 bits per heavy atom. The topological polar surface area (TPSA) is 72.2 Å². The minimum atomic E-state index is -2.96. The van der Waals surface area contributed by atoms with Crippen LogP contribution in [-0.4, -0.2) is 26.0 Å². The summed E-state index contributed by atoms with van der Waals surface area (Å²) in [5.41, 5.74) is 7.13. The zero-order chi connectivity index (χ0) is 13.3. The maximum absolute atomic E-state index is 13.3. The van der Waals surface area contributed by atoms with Crippen molar-refractivity contribution in [3.8, 4) is 0 Å². The summed E-state index contributed by atoms with van der Waals surface area (Å²) in [6.07, 6.45) is 1.44. The summed E-state index contributed by atoms with van der Waals surface area (Å²) in [7, 11) is -2.96. The molecule has 1 aliphatic rings. The number of halogens is 1. The van der Waals surface area contributed by atoms with E-state index in [2.05, 4.69) is 5.32 Å². The van der Waals surface area contributed by atoms with Gasteiger partial charge in [-0.05, 0) is 37.5 Å². The van der Waals surface area contributed by atoms with Crippen molar-refractivity contribution in [2.75, 3.05) is 22.6 Å². The van der Waals surface area contributed by atoms with Crippen molar-refractivity contribution in [2.45, 2.75) is 25.8 Å². The maximum Gasteiger partial charge on any atom is 0.152 e.